The van der Waals surface area contributed by atoms with Crippen molar-refractivity contribution in [3.8, 4) is 10.6 Å². The van der Waals surface area contributed by atoms with Crippen LogP contribution < -0.4 is 5.32 Å². The van der Waals surface area contributed by atoms with Crippen molar-refractivity contribution in [2.75, 3.05) is 6.54 Å². The van der Waals surface area contributed by atoms with Crippen molar-refractivity contribution in [2.24, 2.45) is 0 Å². The van der Waals surface area contributed by atoms with E-state index in [1.807, 2.05) is 0 Å². The van der Waals surface area contributed by atoms with Crippen molar-refractivity contribution >= 4 is 27.3 Å². The van der Waals surface area contributed by atoms with Gasteiger partial charge < -0.3 is 5.32 Å². The van der Waals surface area contributed by atoms with Gasteiger partial charge in [-0.3, -0.25) is 0 Å². The van der Waals surface area contributed by atoms with Crippen molar-refractivity contribution in [1.82, 2.24) is 10.3 Å². The molecular weight excluding hydrogens is 332 g/mol. The average molecular weight is 353 g/mol. The Bertz CT molecular complexity index is 578. The number of thiazole rings is 1. The molecule has 0 amide bonds. The fourth-order valence-electron chi connectivity index (χ4n) is 2.09. The molecule has 0 saturated heterocycles. The van der Waals surface area contributed by atoms with Crippen LogP contribution in [0, 0.1) is 6.92 Å². The zero-order valence-electron chi connectivity index (χ0n) is 12.3. The number of hydrogen-bond donors (Lipinski definition) is 1. The SMILES string of the molecule is CCCNCc1sc(-c2ccc(C)cc2Br)nc1CC. The minimum atomic E-state index is 0.929. The van der Waals surface area contributed by atoms with Crippen LogP contribution in [0.3, 0.4) is 0 Å². The molecule has 0 atom stereocenters. The normalized spacial score (nSPS) is 11.0. The van der Waals surface area contributed by atoms with E-state index in [-0.39, 0.29) is 0 Å². The molecule has 2 rings (SSSR count). The van der Waals surface area contributed by atoms with Gasteiger partial charge in [0.25, 0.3) is 0 Å². The maximum atomic E-state index is 4.82. The molecule has 0 aliphatic heterocycles. The summed E-state index contributed by atoms with van der Waals surface area (Å²) in [6, 6.07) is 6.44. The molecule has 0 aliphatic carbocycles. The second kappa shape index (κ2) is 7.34. The molecule has 0 spiro atoms. The van der Waals surface area contributed by atoms with E-state index < -0.39 is 0 Å². The summed E-state index contributed by atoms with van der Waals surface area (Å²) in [5, 5.41) is 4.59. The van der Waals surface area contributed by atoms with Gasteiger partial charge >= 0.3 is 0 Å². The molecule has 0 radical (unpaired) electrons. The summed E-state index contributed by atoms with van der Waals surface area (Å²) in [5.74, 6) is 0. The van der Waals surface area contributed by atoms with Gasteiger partial charge in [0.2, 0.25) is 0 Å². The molecule has 0 saturated carbocycles. The fourth-order valence-corrected chi connectivity index (χ4v) is 4.06. The predicted octanol–water partition coefficient (Wildman–Crippen LogP) is 4.94. The third kappa shape index (κ3) is 3.68. The van der Waals surface area contributed by atoms with E-state index in [0.29, 0.717) is 0 Å². The number of nitrogens with one attached hydrogen (secondary N) is 1. The van der Waals surface area contributed by atoms with E-state index in [1.165, 1.54) is 21.7 Å². The lowest BCUT2D eigenvalue weighted by molar-refractivity contribution is 0.677. The highest BCUT2D eigenvalue weighted by Gasteiger charge is 2.13. The summed E-state index contributed by atoms with van der Waals surface area (Å²) in [4.78, 5) is 6.18. The number of halogens is 1. The van der Waals surface area contributed by atoms with Crippen molar-refractivity contribution in [1.29, 1.82) is 0 Å². The lowest BCUT2D eigenvalue weighted by Gasteiger charge is -2.02. The summed E-state index contributed by atoms with van der Waals surface area (Å²) >= 11 is 5.46. The standard InChI is InChI=1S/C16H21BrN2S/c1-4-8-18-10-15-14(5-2)19-16(20-15)12-7-6-11(3)9-13(12)17/h6-7,9,18H,4-5,8,10H2,1-3H3. The van der Waals surface area contributed by atoms with Gasteiger partial charge in [-0.1, -0.05) is 41.9 Å². The average Bonchev–Trinajstić information content (AvgIpc) is 2.82. The Kier molecular flexibility index (Phi) is 5.75. The minimum Gasteiger partial charge on any atom is -0.312 e. The maximum Gasteiger partial charge on any atom is 0.125 e. The first-order valence-electron chi connectivity index (χ1n) is 7.11. The molecular formula is C16H21BrN2S. The highest BCUT2D eigenvalue weighted by atomic mass is 79.9. The molecule has 0 fully saturated rings. The summed E-state index contributed by atoms with van der Waals surface area (Å²) in [6.07, 6.45) is 2.15. The summed E-state index contributed by atoms with van der Waals surface area (Å²) < 4.78 is 1.13. The Labute approximate surface area is 133 Å². The molecule has 1 aromatic carbocycles. The van der Waals surface area contributed by atoms with Crippen LogP contribution >= 0.6 is 27.3 Å². The fraction of sp³-hybridized carbons (Fsp3) is 0.438. The zero-order valence-corrected chi connectivity index (χ0v) is 14.7. The van der Waals surface area contributed by atoms with Gasteiger partial charge in [0, 0.05) is 21.5 Å². The predicted molar refractivity (Wildman–Crippen MR) is 91.4 cm³/mol. The molecule has 2 aromatic rings. The molecule has 0 aliphatic rings. The first-order valence-corrected chi connectivity index (χ1v) is 8.72. The smallest absolute Gasteiger partial charge is 0.125 e. The number of benzene rings is 1. The van der Waals surface area contributed by atoms with Gasteiger partial charge in [-0.2, -0.15) is 0 Å². The third-order valence-electron chi connectivity index (χ3n) is 3.18. The quantitative estimate of drug-likeness (QED) is 0.744. The maximum absolute atomic E-state index is 4.82. The van der Waals surface area contributed by atoms with E-state index in [9.17, 15) is 0 Å². The lowest BCUT2D eigenvalue weighted by Crippen LogP contribution is -2.13. The van der Waals surface area contributed by atoms with Crippen LogP contribution in [-0.2, 0) is 13.0 Å². The molecule has 1 aromatic heterocycles. The number of nitrogens with zero attached hydrogens (tertiary/aromatic N) is 1. The Hall–Kier alpha value is -0.710. The largest absolute Gasteiger partial charge is 0.312 e. The molecule has 1 heterocycles. The van der Waals surface area contributed by atoms with Gasteiger partial charge in [0.1, 0.15) is 5.01 Å². The Morgan fingerprint density at radius 1 is 1.30 bits per heavy atom. The molecule has 0 unspecified atom stereocenters. The molecule has 20 heavy (non-hydrogen) atoms. The number of hydrogen-bond acceptors (Lipinski definition) is 3. The second-order valence-corrected chi connectivity index (χ2v) is 6.84. The van der Waals surface area contributed by atoms with Crippen molar-refractivity contribution < 1.29 is 0 Å². The molecule has 1 N–H and O–H groups in total. The van der Waals surface area contributed by atoms with Crippen LogP contribution in [0.5, 0.6) is 0 Å². The van der Waals surface area contributed by atoms with Crippen LogP contribution in [0.2, 0.25) is 0 Å². The van der Waals surface area contributed by atoms with Crippen LogP contribution in [0.25, 0.3) is 10.6 Å². The number of aryl methyl sites for hydroxylation is 2. The summed E-state index contributed by atoms with van der Waals surface area (Å²) in [6.45, 7) is 8.46. The van der Waals surface area contributed by atoms with Crippen molar-refractivity contribution in [3.63, 3.8) is 0 Å². The summed E-state index contributed by atoms with van der Waals surface area (Å²) in [5.41, 5.74) is 3.68. The van der Waals surface area contributed by atoms with Crippen LogP contribution in [0.15, 0.2) is 22.7 Å². The number of aromatic nitrogens is 1. The second-order valence-electron chi connectivity index (χ2n) is 4.90. The van der Waals surface area contributed by atoms with Gasteiger partial charge in [-0.15, -0.1) is 11.3 Å². The van der Waals surface area contributed by atoms with Crippen molar-refractivity contribution in [3.05, 3.63) is 38.8 Å². The zero-order chi connectivity index (χ0) is 14.5. The molecule has 0 bridgehead atoms. The molecule has 108 valence electrons. The van der Waals surface area contributed by atoms with Gasteiger partial charge in [-0.25, -0.2) is 4.98 Å². The van der Waals surface area contributed by atoms with Gasteiger partial charge in [0.15, 0.2) is 0 Å². The van der Waals surface area contributed by atoms with E-state index in [1.54, 1.807) is 11.3 Å². The highest BCUT2D eigenvalue weighted by molar-refractivity contribution is 9.10. The first kappa shape index (κ1) is 15.7. The van der Waals surface area contributed by atoms with E-state index in [0.717, 1.165) is 35.4 Å². The van der Waals surface area contributed by atoms with Gasteiger partial charge in [-0.05, 0) is 37.9 Å². The Morgan fingerprint density at radius 2 is 2.10 bits per heavy atom. The Morgan fingerprint density at radius 3 is 2.75 bits per heavy atom. The highest BCUT2D eigenvalue weighted by Crippen LogP contribution is 2.34. The first-order chi connectivity index (χ1) is 9.65. The van der Waals surface area contributed by atoms with Crippen LogP contribution in [0.1, 0.15) is 36.4 Å². The Balaban J connectivity index is 2.28. The van der Waals surface area contributed by atoms with E-state index in [4.69, 9.17) is 4.98 Å². The van der Waals surface area contributed by atoms with Crippen LogP contribution in [0.4, 0.5) is 0 Å². The van der Waals surface area contributed by atoms with E-state index in [2.05, 4.69) is 60.2 Å². The minimum absolute atomic E-state index is 0.929. The van der Waals surface area contributed by atoms with Crippen LogP contribution in [-0.4, -0.2) is 11.5 Å². The molecule has 4 heteroatoms. The lowest BCUT2D eigenvalue weighted by atomic mass is 10.1. The summed E-state index contributed by atoms with van der Waals surface area (Å²) in [7, 11) is 0. The number of rotatable bonds is 6. The monoisotopic (exact) mass is 352 g/mol. The molecule has 2 nitrogen and oxygen atoms in total. The van der Waals surface area contributed by atoms with Gasteiger partial charge in [0.05, 0.1) is 5.69 Å². The van der Waals surface area contributed by atoms with E-state index >= 15 is 0 Å². The topological polar surface area (TPSA) is 24.9 Å². The third-order valence-corrected chi connectivity index (χ3v) is 4.97. The van der Waals surface area contributed by atoms with Crippen molar-refractivity contribution in [2.45, 2.75) is 40.2 Å².